The molecule has 114 valence electrons. The van der Waals surface area contributed by atoms with Crippen LogP contribution in [0.15, 0.2) is 12.1 Å². The van der Waals surface area contributed by atoms with E-state index in [4.69, 9.17) is 0 Å². The van der Waals surface area contributed by atoms with Crippen LogP contribution in [-0.2, 0) is 4.79 Å². The molecule has 4 nitrogen and oxygen atoms in total. The van der Waals surface area contributed by atoms with E-state index in [0.717, 1.165) is 0 Å². The first-order valence-electron chi connectivity index (χ1n) is 7.04. The Balaban J connectivity index is 2.08. The van der Waals surface area contributed by atoms with Gasteiger partial charge in [-0.3, -0.25) is 9.59 Å². The van der Waals surface area contributed by atoms with Crippen LogP contribution in [0.2, 0.25) is 0 Å². The summed E-state index contributed by atoms with van der Waals surface area (Å²) in [6.07, 6.45) is 1.62. The number of amides is 1. The van der Waals surface area contributed by atoms with Gasteiger partial charge in [-0.15, -0.1) is 0 Å². The van der Waals surface area contributed by atoms with Crippen molar-refractivity contribution in [1.29, 1.82) is 0 Å². The second kappa shape index (κ2) is 5.47. The number of carbonyl (C=O) groups is 2. The third-order valence-electron chi connectivity index (χ3n) is 4.29. The number of nitrogens with one attached hydrogen (secondary N) is 1. The third kappa shape index (κ3) is 3.06. The third-order valence-corrected chi connectivity index (χ3v) is 4.29. The van der Waals surface area contributed by atoms with E-state index < -0.39 is 11.4 Å². The van der Waals surface area contributed by atoms with E-state index in [1.807, 2.05) is 0 Å². The summed E-state index contributed by atoms with van der Waals surface area (Å²) < 4.78 is 13.6. The lowest BCUT2D eigenvalue weighted by Crippen LogP contribution is -2.35. The van der Waals surface area contributed by atoms with Gasteiger partial charge in [0.2, 0.25) is 0 Å². The first-order valence-corrected chi connectivity index (χ1v) is 7.04. The molecular weight excluding hydrogens is 273 g/mol. The highest BCUT2D eigenvalue weighted by molar-refractivity contribution is 5.95. The molecule has 1 aromatic rings. The van der Waals surface area contributed by atoms with Crippen LogP contribution in [-0.4, -0.2) is 23.0 Å². The fourth-order valence-corrected chi connectivity index (χ4v) is 2.90. The van der Waals surface area contributed by atoms with E-state index in [9.17, 15) is 19.1 Å². The maximum atomic E-state index is 13.6. The van der Waals surface area contributed by atoms with Crippen LogP contribution >= 0.6 is 0 Å². The molecule has 0 saturated heterocycles. The number of hydrogen-bond donors (Lipinski definition) is 2. The van der Waals surface area contributed by atoms with E-state index in [1.165, 1.54) is 12.1 Å². The zero-order valence-electron chi connectivity index (χ0n) is 12.5. The van der Waals surface area contributed by atoms with Gasteiger partial charge in [0.1, 0.15) is 5.82 Å². The molecule has 1 aromatic carbocycles. The van der Waals surface area contributed by atoms with E-state index in [-0.39, 0.29) is 17.8 Å². The van der Waals surface area contributed by atoms with Gasteiger partial charge in [0.05, 0.1) is 5.41 Å². The number of carbonyl (C=O) groups excluding carboxylic acids is 1. The quantitative estimate of drug-likeness (QED) is 0.900. The van der Waals surface area contributed by atoms with Crippen molar-refractivity contribution < 1.29 is 19.1 Å². The molecule has 0 bridgehead atoms. The SMILES string of the molecule is Cc1cc(C(=O)NC2CCC(C)(C(=O)O)C2)cc(C)c1F. The van der Waals surface area contributed by atoms with E-state index in [2.05, 4.69) is 5.32 Å². The fraction of sp³-hybridized carbons (Fsp3) is 0.500. The van der Waals surface area contributed by atoms with Crippen LogP contribution in [0.4, 0.5) is 4.39 Å². The molecule has 0 radical (unpaired) electrons. The maximum Gasteiger partial charge on any atom is 0.309 e. The summed E-state index contributed by atoms with van der Waals surface area (Å²) in [5.74, 6) is -1.40. The Kier molecular flexibility index (Phi) is 4.03. The lowest BCUT2D eigenvalue weighted by molar-refractivity contribution is -0.147. The molecular formula is C16H20FNO3. The number of hydrogen-bond acceptors (Lipinski definition) is 2. The van der Waals surface area contributed by atoms with Crippen molar-refractivity contribution in [3.05, 3.63) is 34.6 Å². The van der Waals surface area contributed by atoms with Gasteiger partial charge in [0.15, 0.2) is 0 Å². The molecule has 0 aromatic heterocycles. The molecule has 1 fully saturated rings. The van der Waals surface area contributed by atoms with Crippen molar-refractivity contribution in [3.8, 4) is 0 Å². The molecule has 2 atom stereocenters. The molecule has 21 heavy (non-hydrogen) atoms. The Morgan fingerprint density at radius 1 is 1.33 bits per heavy atom. The first kappa shape index (κ1) is 15.5. The highest BCUT2D eigenvalue weighted by Crippen LogP contribution is 2.38. The summed E-state index contributed by atoms with van der Waals surface area (Å²) in [7, 11) is 0. The van der Waals surface area contributed by atoms with Gasteiger partial charge >= 0.3 is 5.97 Å². The zero-order valence-corrected chi connectivity index (χ0v) is 12.5. The fourth-order valence-electron chi connectivity index (χ4n) is 2.90. The van der Waals surface area contributed by atoms with Crippen molar-refractivity contribution in [3.63, 3.8) is 0 Å². The lowest BCUT2D eigenvalue weighted by Gasteiger charge is -2.18. The predicted octanol–water partition coefficient (Wildman–Crippen LogP) is 2.82. The minimum atomic E-state index is -0.826. The number of aryl methyl sites for hydroxylation is 2. The van der Waals surface area contributed by atoms with Crippen LogP contribution in [0, 0.1) is 25.1 Å². The molecule has 2 rings (SSSR count). The van der Waals surface area contributed by atoms with Gasteiger partial charge in [0.25, 0.3) is 5.91 Å². The molecule has 2 N–H and O–H groups in total. The summed E-state index contributed by atoms with van der Waals surface area (Å²) in [6.45, 7) is 4.94. The van der Waals surface area contributed by atoms with Crippen LogP contribution < -0.4 is 5.32 Å². The second-order valence-corrected chi connectivity index (χ2v) is 6.20. The van der Waals surface area contributed by atoms with Gasteiger partial charge in [-0.25, -0.2) is 4.39 Å². The lowest BCUT2D eigenvalue weighted by atomic mass is 9.89. The molecule has 1 aliphatic rings. The topological polar surface area (TPSA) is 66.4 Å². The predicted molar refractivity (Wildman–Crippen MR) is 76.7 cm³/mol. The first-order chi connectivity index (χ1) is 9.73. The summed E-state index contributed by atoms with van der Waals surface area (Å²) >= 11 is 0. The van der Waals surface area contributed by atoms with Gasteiger partial charge in [-0.1, -0.05) is 0 Å². The number of rotatable bonds is 3. The van der Waals surface area contributed by atoms with Gasteiger partial charge in [0, 0.05) is 11.6 Å². The van der Waals surface area contributed by atoms with Crippen molar-refractivity contribution in [2.24, 2.45) is 5.41 Å². The summed E-state index contributed by atoms with van der Waals surface area (Å²) in [6, 6.07) is 2.88. The number of aliphatic carboxylic acids is 1. The van der Waals surface area contributed by atoms with Crippen LogP contribution in [0.3, 0.4) is 0 Å². The average Bonchev–Trinajstić information content (AvgIpc) is 2.78. The van der Waals surface area contributed by atoms with Gasteiger partial charge in [-0.2, -0.15) is 0 Å². The van der Waals surface area contributed by atoms with Crippen LogP contribution in [0.1, 0.15) is 47.7 Å². The van der Waals surface area contributed by atoms with E-state index in [0.29, 0.717) is 36.0 Å². The Hall–Kier alpha value is -1.91. The molecule has 1 saturated carbocycles. The Morgan fingerprint density at radius 3 is 2.38 bits per heavy atom. The molecule has 1 aliphatic carbocycles. The molecule has 1 amide bonds. The molecule has 0 heterocycles. The Bertz CT molecular complexity index is 576. The van der Waals surface area contributed by atoms with Crippen molar-refractivity contribution in [2.75, 3.05) is 0 Å². The van der Waals surface area contributed by atoms with Crippen molar-refractivity contribution in [2.45, 2.75) is 46.1 Å². The monoisotopic (exact) mass is 293 g/mol. The van der Waals surface area contributed by atoms with Crippen LogP contribution in [0.5, 0.6) is 0 Å². The van der Waals surface area contributed by atoms with Gasteiger partial charge in [-0.05, 0) is 63.3 Å². The minimum absolute atomic E-state index is 0.149. The van der Waals surface area contributed by atoms with E-state index >= 15 is 0 Å². The molecule has 2 unspecified atom stereocenters. The summed E-state index contributed by atoms with van der Waals surface area (Å²) in [4.78, 5) is 23.4. The summed E-state index contributed by atoms with van der Waals surface area (Å²) in [5, 5.41) is 12.0. The molecule has 0 aliphatic heterocycles. The average molecular weight is 293 g/mol. The highest BCUT2D eigenvalue weighted by Gasteiger charge is 2.41. The van der Waals surface area contributed by atoms with E-state index in [1.54, 1.807) is 20.8 Å². The number of carboxylic acid groups (broad SMARTS) is 1. The van der Waals surface area contributed by atoms with Crippen LogP contribution in [0.25, 0.3) is 0 Å². The minimum Gasteiger partial charge on any atom is -0.481 e. The smallest absolute Gasteiger partial charge is 0.309 e. The molecule has 5 heteroatoms. The Morgan fingerprint density at radius 2 is 1.90 bits per heavy atom. The second-order valence-electron chi connectivity index (χ2n) is 6.20. The number of halogens is 1. The van der Waals surface area contributed by atoms with Gasteiger partial charge < -0.3 is 10.4 Å². The maximum absolute atomic E-state index is 13.6. The molecule has 0 spiro atoms. The van der Waals surface area contributed by atoms with Crippen molar-refractivity contribution in [1.82, 2.24) is 5.32 Å². The largest absolute Gasteiger partial charge is 0.481 e. The standard InChI is InChI=1S/C16H20FNO3/c1-9-6-11(7-10(2)13(9)17)14(19)18-12-4-5-16(3,8-12)15(20)21/h6-7,12H,4-5,8H2,1-3H3,(H,18,19)(H,20,21). The summed E-state index contributed by atoms with van der Waals surface area (Å²) in [5.41, 5.74) is 0.506. The number of carboxylic acids is 1. The zero-order chi connectivity index (χ0) is 15.8. The van der Waals surface area contributed by atoms with Crippen molar-refractivity contribution >= 4 is 11.9 Å². The number of benzene rings is 1. The normalized spacial score (nSPS) is 24.9. The Labute approximate surface area is 123 Å². The highest BCUT2D eigenvalue weighted by atomic mass is 19.1.